The number of fused-ring (bicyclic) bond motifs is 1. The first-order valence-corrected chi connectivity index (χ1v) is 10.1. The van der Waals surface area contributed by atoms with Crippen LogP contribution in [0.15, 0.2) is 48.5 Å². The molecule has 0 spiro atoms. The minimum absolute atomic E-state index is 0.147. The van der Waals surface area contributed by atoms with Crippen molar-refractivity contribution in [3.05, 3.63) is 64.9 Å². The normalized spacial score (nSPS) is 11.0. The average Bonchev–Trinajstić information content (AvgIpc) is 3.03. The fourth-order valence-corrected chi connectivity index (χ4v) is 3.51. The molecule has 1 heterocycles. The van der Waals surface area contributed by atoms with Gasteiger partial charge in [-0.1, -0.05) is 62.1 Å². The Hall–Kier alpha value is -2.33. The predicted molar refractivity (Wildman–Crippen MR) is 111 cm³/mol. The first-order valence-electron chi connectivity index (χ1n) is 9.67. The number of aromatic nitrogens is 2. The molecule has 3 aromatic rings. The number of nitrogens with one attached hydrogen (secondary N) is 1. The van der Waals surface area contributed by atoms with Gasteiger partial charge in [-0.3, -0.25) is 4.79 Å². The van der Waals surface area contributed by atoms with E-state index in [-0.39, 0.29) is 5.91 Å². The quantitative estimate of drug-likeness (QED) is 0.513. The van der Waals surface area contributed by atoms with Crippen LogP contribution in [0.25, 0.3) is 11.0 Å². The number of hydrogen-bond acceptors (Lipinski definition) is 2. The zero-order chi connectivity index (χ0) is 19.1. The molecule has 0 aliphatic carbocycles. The summed E-state index contributed by atoms with van der Waals surface area (Å²) < 4.78 is 2.30. The smallest absolute Gasteiger partial charge is 0.252 e. The van der Waals surface area contributed by atoms with Gasteiger partial charge in [0.1, 0.15) is 5.82 Å². The van der Waals surface area contributed by atoms with Gasteiger partial charge < -0.3 is 9.88 Å². The largest absolute Gasteiger partial charge is 0.352 e. The molecule has 0 radical (unpaired) electrons. The summed E-state index contributed by atoms with van der Waals surface area (Å²) in [5.74, 6) is 0.873. The molecule has 1 amide bonds. The zero-order valence-corrected chi connectivity index (χ0v) is 16.5. The number of halogens is 1. The molecule has 1 N–H and O–H groups in total. The van der Waals surface area contributed by atoms with Gasteiger partial charge in [0.2, 0.25) is 0 Å². The first kappa shape index (κ1) is 19.4. The van der Waals surface area contributed by atoms with Crippen LogP contribution in [0.3, 0.4) is 0 Å². The van der Waals surface area contributed by atoms with Crippen LogP contribution < -0.4 is 5.32 Å². The molecule has 4 nitrogen and oxygen atoms in total. The number of carbonyl (C=O) groups is 1. The highest BCUT2D eigenvalue weighted by Gasteiger charge is 2.12. The van der Waals surface area contributed by atoms with Gasteiger partial charge in [-0.05, 0) is 30.7 Å². The molecule has 0 atom stereocenters. The monoisotopic (exact) mass is 383 g/mol. The van der Waals surface area contributed by atoms with Crippen LogP contribution in [0, 0.1) is 0 Å². The lowest BCUT2D eigenvalue weighted by atomic mass is 10.2. The van der Waals surface area contributed by atoms with Crippen molar-refractivity contribution in [1.29, 1.82) is 0 Å². The van der Waals surface area contributed by atoms with Crippen LogP contribution >= 0.6 is 11.6 Å². The van der Waals surface area contributed by atoms with E-state index in [9.17, 15) is 4.79 Å². The minimum atomic E-state index is -0.147. The molecular formula is C22H26ClN3O. The Morgan fingerprint density at radius 1 is 1.07 bits per heavy atom. The number of rotatable bonds is 9. The summed E-state index contributed by atoms with van der Waals surface area (Å²) in [4.78, 5) is 17.1. The number of hydrogen-bond donors (Lipinski definition) is 1. The third kappa shape index (κ3) is 4.89. The molecule has 142 valence electrons. The molecule has 0 saturated carbocycles. The number of benzene rings is 2. The van der Waals surface area contributed by atoms with Crippen LogP contribution in [-0.4, -0.2) is 22.0 Å². The van der Waals surface area contributed by atoms with E-state index in [1.165, 1.54) is 24.8 Å². The SMILES string of the molecule is CCCCCCn1c(CCNC(=O)c2ccccc2Cl)nc2ccccc21. The van der Waals surface area contributed by atoms with Gasteiger partial charge in [0, 0.05) is 19.5 Å². The van der Waals surface area contributed by atoms with Gasteiger partial charge in [-0.2, -0.15) is 0 Å². The van der Waals surface area contributed by atoms with E-state index >= 15 is 0 Å². The maximum Gasteiger partial charge on any atom is 0.252 e. The van der Waals surface area contributed by atoms with Gasteiger partial charge in [0.05, 0.1) is 21.6 Å². The summed E-state index contributed by atoms with van der Waals surface area (Å²) in [6.45, 7) is 3.72. The molecule has 1 aromatic heterocycles. The van der Waals surface area contributed by atoms with Crippen LogP contribution in [0.4, 0.5) is 0 Å². The van der Waals surface area contributed by atoms with E-state index in [0.29, 0.717) is 23.6 Å². The van der Waals surface area contributed by atoms with Crippen LogP contribution in [-0.2, 0) is 13.0 Å². The summed E-state index contributed by atoms with van der Waals surface area (Å²) in [5.41, 5.74) is 2.69. The Balaban J connectivity index is 1.67. The summed E-state index contributed by atoms with van der Waals surface area (Å²) >= 11 is 6.10. The van der Waals surface area contributed by atoms with Crippen molar-refractivity contribution in [2.75, 3.05) is 6.54 Å². The molecule has 0 bridgehead atoms. The highest BCUT2D eigenvalue weighted by molar-refractivity contribution is 6.33. The highest BCUT2D eigenvalue weighted by atomic mass is 35.5. The lowest BCUT2D eigenvalue weighted by Gasteiger charge is -2.10. The number of para-hydroxylation sites is 2. The summed E-state index contributed by atoms with van der Waals surface area (Å²) in [5, 5.41) is 3.43. The standard InChI is InChI=1S/C22H26ClN3O/c1-2-3-4-9-16-26-20-13-8-7-12-19(20)25-21(26)14-15-24-22(27)17-10-5-6-11-18(17)23/h5-8,10-13H,2-4,9,14-16H2,1H3,(H,24,27). The second-order valence-electron chi connectivity index (χ2n) is 6.71. The summed E-state index contributed by atoms with van der Waals surface area (Å²) in [7, 11) is 0. The molecular weight excluding hydrogens is 358 g/mol. The van der Waals surface area contributed by atoms with Crippen LogP contribution in [0.5, 0.6) is 0 Å². The number of aryl methyl sites for hydroxylation is 1. The lowest BCUT2D eigenvalue weighted by Crippen LogP contribution is -2.26. The second-order valence-corrected chi connectivity index (χ2v) is 7.12. The lowest BCUT2D eigenvalue weighted by molar-refractivity contribution is 0.0954. The van der Waals surface area contributed by atoms with E-state index in [4.69, 9.17) is 16.6 Å². The number of imidazole rings is 1. The Morgan fingerprint density at radius 3 is 2.67 bits per heavy atom. The summed E-state index contributed by atoms with van der Waals surface area (Å²) in [6.07, 6.45) is 5.55. The van der Waals surface area contributed by atoms with E-state index < -0.39 is 0 Å². The van der Waals surface area contributed by atoms with Crippen molar-refractivity contribution in [2.45, 2.75) is 45.6 Å². The molecule has 2 aromatic carbocycles. The van der Waals surface area contributed by atoms with Crippen molar-refractivity contribution in [2.24, 2.45) is 0 Å². The van der Waals surface area contributed by atoms with Crippen molar-refractivity contribution in [3.63, 3.8) is 0 Å². The van der Waals surface area contributed by atoms with E-state index in [0.717, 1.165) is 24.3 Å². The summed E-state index contributed by atoms with van der Waals surface area (Å²) in [6, 6.07) is 15.3. The van der Waals surface area contributed by atoms with E-state index in [2.05, 4.69) is 28.9 Å². The molecule has 27 heavy (non-hydrogen) atoms. The Labute approximate surface area is 165 Å². The molecule has 5 heteroatoms. The molecule has 0 saturated heterocycles. The fourth-order valence-electron chi connectivity index (χ4n) is 3.29. The van der Waals surface area contributed by atoms with Crippen molar-refractivity contribution >= 4 is 28.5 Å². The molecule has 3 rings (SSSR count). The third-order valence-corrected chi connectivity index (χ3v) is 5.05. The van der Waals surface area contributed by atoms with E-state index in [1.807, 2.05) is 24.3 Å². The number of amides is 1. The molecule has 0 aliphatic rings. The maximum absolute atomic E-state index is 12.3. The zero-order valence-electron chi connectivity index (χ0n) is 15.7. The highest BCUT2D eigenvalue weighted by Crippen LogP contribution is 2.18. The van der Waals surface area contributed by atoms with E-state index in [1.54, 1.807) is 12.1 Å². The Morgan fingerprint density at radius 2 is 1.85 bits per heavy atom. The van der Waals surface area contributed by atoms with Crippen LogP contribution in [0.2, 0.25) is 5.02 Å². The number of carbonyl (C=O) groups excluding carboxylic acids is 1. The van der Waals surface area contributed by atoms with Gasteiger partial charge in [0.25, 0.3) is 5.91 Å². The average molecular weight is 384 g/mol. The van der Waals surface area contributed by atoms with Gasteiger partial charge >= 0.3 is 0 Å². The first-order chi connectivity index (χ1) is 13.2. The topological polar surface area (TPSA) is 46.9 Å². The molecule has 0 aliphatic heterocycles. The second kappa shape index (κ2) is 9.56. The van der Waals surface area contributed by atoms with Gasteiger partial charge in [0.15, 0.2) is 0 Å². The maximum atomic E-state index is 12.3. The van der Waals surface area contributed by atoms with Crippen molar-refractivity contribution in [1.82, 2.24) is 14.9 Å². The fraction of sp³-hybridized carbons (Fsp3) is 0.364. The van der Waals surface area contributed by atoms with Crippen LogP contribution in [0.1, 0.15) is 48.8 Å². The number of nitrogens with zero attached hydrogens (tertiary/aromatic N) is 2. The minimum Gasteiger partial charge on any atom is -0.352 e. The molecule has 0 unspecified atom stereocenters. The Kier molecular flexibility index (Phi) is 6.88. The Bertz CT molecular complexity index is 903. The third-order valence-electron chi connectivity index (χ3n) is 4.72. The molecule has 0 fully saturated rings. The van der Waals surface area contributed by atoms with Crippen molar-refractivity contribution in [3.8, 4) is 0 Å². The van der Waals surface area contributed by atoms with Gasteiger partial charge in [-0.25, -0.2) is 4.98 Å². The predicted octanol–water partition coefficient (Wildman–Crippen LogP) is 5.24. The van der Waals surface area contributed by atoms with Crippen molar-refractivity contribution < 1.29 is 4.79 Å². The number of unbranched alkanes of at least 4 members (excludes halogenated alkanes) is 3. The van der Waals surface area contributed by atoms with Gasteiger partial charge in [-0.15, -0.1) is 0 Å².